The largest absolute Gasteiger partial charge is 0.374 e. The second kappa shape index (κ2) is 7.56. The van der Waals surface area contributed by atoms with Crippen LogP contribution in [0.3, 0.4) is 0 Å². The minimum Gasteiger partial charge on any atom is -0.374 e. The molecular formula is C12H21ClN6O. The summed E-state index contributed by atoms with van der Waals surface area (Å²) in [6.07, 6.45) is 1.13. The molecule has 2 rings (SSSR count). The number of nitrogens with zero attached hydrogens (tertiary/aromatic N) is 4. The van der Waals surface area contributed by atoms with Crippen molar-refractivity contribution in [2.45, 2.75) is 19.4 Å². The van der Waals surface area contributed by atoms with E-state index in [1.807, 2.05) is 0 Å². The zero-order chi connectivity index (χ0) is 14.4. The molecule has 1 fully saturated rings. The summed E-state index contributed by atoms with van der Waals surface area (Å²) in [6.45, 7) is 6.15. The monoisotopic (exact) mass is 300 g/mol. The maximum Gasteiger partial charge on any atom is 0.228 e. The molecule has 2 N–H and O–H groups in total. The number of halogens is 1. The number of likely N-dealkylation sites (N-methyl/N-ethyl adjacent to an activating group) is 1. The van der Waals surface area contributed by atoms with Crippen LogP contribution in [0.2, 0.25) is 5.28 Å². The summed E-state index contributed by atoms with van der Waals surface area (Å²) < 4.78 is 5.67. The maximum atomic E-state index is 5.89. The van der Waals surface area contributed by atoms with Gasteiger partial charge in [-0.1, -0.05) is 6.92 Å². The molecule has 8 heteroatoms. The van der Waals surface area contributed by atoms with Gasteiger partial charge in [0, 0.05) is 26.2 Å². The van der Waals surface area contributed by atoms with E-state index in [-0.39, 0.29) is 11.4 Å². The summed E-state index contributed by atoms with van der Waals surface area (Å²) in [5.41, 5.74) is 0. The van der Waals surface area contributed by atoms with Gasteiger partial charge in [-0.25, -0.2) is 0 Å². The Labute approximate surface area is 124 Å². The molecule has 1 atom stereocenters. The lowest BCUT2D eigenvalue weighted by Crippen LogP contribution is -2.43. The van der Waals surface area contributed by atoms with Crippen LogP contribution < -0.4 is 10.6 Å². The molecule has 1 unspecified atom stereocenters. The van der Waals surface area contributed by atoms with Gasteiger partial charge in [-0.3, -0.25) is 0 Å². The fraction of sp³-hybridized carbons (Fsp3) is 0.750. The Morgan fingerprint density at radius 3 is 2.75 bits per heavy atom. The van der Waals surface area contributed by atoms with Gasteiger partial charge >= 0.3 is 0 Å². The smallest absolute Gasteiger partial charge is 0.228 e. The quantitative estimate of drug-likeness (QED) is 0.814. The number of nitrogens with one attached hydrogen (secondary N) is 2. The molecule has 112 valence electrons. The normalized spacial score (nSPS) is 19.9. The summed E-state index contributed by atoms with van der Waals surface area (Å²) in [6, 6.07) is 0. The molecule has 1 aromatic heterocycles. The first-order chi connectivity index (χ1) is 9.67. The van der Waals surface area contributed by atoms with Crippen molar-refractivity contribution in [2.75, 3.05) is 50.5 Å². The van der Waals surface area contributed by atoms with Crippen LogP contribution in [0.25, 0.3) is 0 Å². The van der Waals surface area contributed by atoms with Crippen LogP contribution in [0, 0.1) is 0 Å². The van der Waals surface area contributed by atoms with Crippen molar-refractivity contribution in [2.24, 2.45) is 0 Å². The van der Waals surface area contributed by atoms with Crippen molar-refractivity contribution in [3.05, 3.63) is 5.28 Å². The average molecular weight is 301 g/mol. The molecule has 0 spiro atoms. The molecule has 0 amide bonds. The molecule has 0 saturated carbocycles. The first kappa shape index (κ1) is 15.2. The lowest BCUT2D eigenvalue weighted by molar-refractivity contribution is -0.0117. The van der Waals surface area contributed by atoms with E-state index < -0.39 is 0 Å². The van der Waals surface area contributed by atoms with Crippen LogP contribution in [-0.2, 0) is 4.74 Å². The van der Waals surface area contributed by atoms with Crippen molar-refractivity contribution in [3.63, 3.8) is 0 Å². The molecule has 0 radical (unpaired) electrons. The number of rotatable bonds is 6. The van der Waals surface area contributed by atoms with E-state index >= 15 is 0 Å². The number of ether oxygens (including phenoxy) is 1. The predicted molar refractivity (Wildman–Crippen MR) is 79.3 cm³/mol. The molecule has 0 aliphatic carbocycles. The minimum atomic E-state index is 0.136. The average Bonchev–Trinajstić information content (AvgIpc) is 2.42. The van der Waals surface area contributed by atoms with Crippen molar-refractivity contribution >= 4 is 23.5 Å². The molecular weight excluding hydrogens is 280 g/mol. The van der Waals surface area contributed by atoms with E-state index in [4.69, 9.17) is 16.3 Å². The van der Waals surface area contributed by atoms with E-state index in [1.165, 1.54) is 0 Å². The minimum absolute atomic E-state index is 0.136. The van der Waals surface area contributed by atoms with Gasteiger partial charge in [0.1, 0.15) is 0 Å². The zero-order valence-corrected chi connectivity index (χ0v) is 12.7. The van der Waals surface area contributed by atoms with Gasteiger partial charge in [0.2, 0.25) is 17.2 Å². The first-order valence-corrected chi connectivity index (χ1v) is 7.24. The van der Waals surface area contributed by atoms with Crippen LogP contribution in [0.15, 0.2) is 0 Å². The zero-order valence-electron chi connectivity index (χ0n) is 11.9. The van der Waals surface area contributed by atoms with E-state index in [1.54, 1.807) is 0 Å². The number of aromatic nitrogens is 3. The van der Waals surface area contributed by atoms with Gasteiger partial charge < -0.3 is 20.3 Å². The Morgan fingerprint density at radius 1 is 1.30 bits per heavy atom. The van der Waals surface area contributed by atoms with Crippen LogP contribution in [0.1, 0.15) is 13.3 Å². The summed E-state index contributed by atoms with van der Waals surface area (Å²) in [4.78, 5) is 14.6. The standard InChI is InChI=1S/C12H21ClN6O/c1-3-4-14-11-16-10(13)17-12(18-11)15-7-9-8-19(2)5-6-20-9/h9H,3-8H2,1-2H3,(H2,14,15,16,17,18). The Bertz CT molecular complexity index is 432. The molecule has 0 bridgehead atoms. The molecule has 1 aliphatic heterocycles. The highest BCUT2D eigenvalue weighted by molar-refractivity contribution is 6.28. The van der Waals surface area contributed by atoms with Crippen LogP contribution >= 0.6 is 11.6 Å². The predicted octanol–water partition coefficient (Wildman–Crippen LogP) is 1.09. The van der Waals surface area contributed by atoms with Gasteiger partial charge in [-0.05, 0) is 25.1 Å². The van der Waals surface area contributed by atoms with Crippen LogP contribution in [-0.4, -0.2) is 65.8 Å². The van der Waals surface area contributed by atoms with E-state index in [0.29, 0.717) is 18.4 Å². The Morgan fingerprint density at radius 2 is 2.05 bits per heavy atom. The Kier molecular flexibility index (Phi) is 5.75. The fourth-order valence-electron chi connectivity index (χ4n) is 1.94. The van der Waals surface area contributed by atoms with E-state index in [0.717, 1.165) is 32.7 Å². The lowest BCUT2D eigenvalue weighted by Gasteiger charge is -2.30. The fourth-order valence-corrected chi connectivity index (χ4v) is 2.10. The molecule has 0 aromatic carbocycles. The highest BCUT2D eigenvalue weighted by atomic mass is 35.5. The number of anilines is 2. The molecule has 2 heterocycles. The molecule has 1 aromatic rings. The van der Waals surface area contributed by atoms with Crippen molar-refractivity contribution < 1.29 is 4.74 Å². The van der Waals surface area contributed by atoms with Crippen molar-refractivity contribution in [3.8, 4) is 0 Å². The second-order valence-electron chi connectivity index (χ2n) is 4.81. The lowest BCUT2D eigenvalue weighted by atomic mass is 10.3. The number of hydrogen-bond donors (Lipinski definition) is 2. The summed E-state index contributed by atoms with van der Waals surface area (Å²) in [7, 11) is 2.09. The number of hydrogen-bond acceptors (Lipinski definition) is 7. The van der Waals surface area contributed by atoms with Crippen molar-refractivity contribution in [1.82, 2.24) is 19.9 Å². The van der Waals surface area contributed by atoms with Gasteiger partial charge in [0.25, 0.3) is 0 Å². The Hall–Kier alpha value is -1.18. The molecule has 7 nitrogen and oxygen atoms in total. The summed E-state index contributed by atoms with van der Waals surface area (Å²) in [5, 5.41) is 6.43. The highest BCUT2D eigenvalue weighted by Gasteiger charge is 2.17. The van der Waals surface area contributed by atoms with Crippen LogP contribution in [0.5, 0.6) is 0 Å². The van der Waals surface area contributed by atoms with Gasteiger partial charge in [-0.2, -0.15) is 15.0 Å². The first-order valence-electron chi connectivity index (χ1n) is 6.87. The van der Waals surface area contributed by atoms with Crippen molar-refractivity contribution in [1.29, 1.82) is 0 Å². The van der Waals surface area contributed by atoms with E-state index in [2.05, 4.69) is 44.5 Å². The topological polar surface area (TPSA) is 75.2 Å². The third-order valence-corrected chi connectivity index (χ3v) is 3.14. The van der Waals surface area contributed by atoms with Gasteiger partial charge in [0.15, 0.2) is 0 Å². The Balaban J connectivity index is 1.89. The van der Waals surface area contributed by atoms with Gasteiger partial charge in [0.05, 0.1) is 12.7 Å². The third kappa shape index (κ3) is 4.73. The maximum absolute atomic E-state index is 5.89. The van der Waals surface area contributed by atoms with E-state index in [9.17, 15) is 0 Å². The molecule has 1 aliphatic rings. The third-order valence-electron chi connectivity index (χ3n) is 2.97. The molecule has 1 saturated heterocycles. The van der Waals surface area contributed by atoms with Gasteiger partial charge in [-0.15, -0.1) is 0 Å². The highest BCUT2D eigenvalue weighted by Crippen LogP contribution is 2.10. The summed E-state index contributed by atoms with van der Waals surface area (Å²) in [5.74, 6) is 0.969. The number of morpholine rings is 1. The SMILES string of the molecule is CCCNc1nc(Cl)nc(NCC2CN(C)CCO2)n1. The second-order valence-corrected chi connectivity index (χ2v) is 5.15. The van der Waals surface area contributed by atoms with Crippen LogP contribution in [0.4, 0.5) is 11.9 Å². The molecule has 20 heavy (non-hydrogen) atoms. The summed E-state index contributed by atoms with van der Waals surface area (Å²) >= 11 is 5.89.